The lowest BCUT2D eigenvalue weighted by molar-refractivity contribution is 0.106. The summed E-state index contributed by atoms with van der Waals surface area (Å²) >= 11 is 0. The van der Waals surface area contributed by atoms with E-state index in [1.165, 1.54) is 0 Å². The van der Waals surface area contributed by atoms with Gasteiger partial charge in [-0.3, -0.25) is 9.58 Å². The molecule has 2 aromatic rings. The highest BCUT2D eigenvalue weighted by Gasteiger charge is 2.28. The SMILES string of the molecule is CCC[C@@H]1CN(c2nc(N)c3cnn(C)c3n2)CCN1CCOC. The minimum absolute atomic E-state index is 0.492. The first-order valence-corrected chi connectivity index (χ1v) is 8.57. The largest absolute Gasteiger partial charge is 0.383 e. The molecule has 0 saturated carbocycles. The van der Waals surface area contributed by atoms with Crippen molar-refractivity contribution in [3.8, 4) is 0 Å². The fraction of sp³-hybridized carbons (Fsp3) is 0.688. The maximum Gasteiger partial charge on any atom is 0.229 e. The van der Waals surface area contributed by atoms with Gasteiger partial charge in [0.1, 0.15) is 5.82 Å². The Labute approximate surface area is 142 Å². The molecule has 2 aromatic heterocycles. The molecule has 0 unspecified atom stereocenters. The maximum absolute atomic E-state index is 6.11. The fourth-order valence-corrected chi connectivity index (χ4v) is 3.36. The van der Waals surface area contributed by atoms with Crippen LogP contribution in [0.2, 0.25) is 0 Å². The molecule has 1 aliphatic heterocycles. The zero-order chi connectivity index (χ0) is 17.1. The third-order valence-corrected chi connectivity index (χ3v) is 4.70. The van der Waals surface area contributed by atoms with Gasteiger partial charge in [-0.05, 0) is 6.42 Å². The first kappa shape index (κ1) is 16.9. The number of hydrogen-bond acceptors (Lipinski definition) is 7. The molecule has 0 aliphatic carbocycles. The third-order valence-electron chi connectivity index (χ3n) is 4.70. The van der Waals surface area contributed by atoms with Gasteiger partial charge < -0.3 is 15.4 Å². The Morgan fingerprint density at radius 3 is 2.92 bits per heavy atom. The van der Waals surface area contributed by atoms with Crippen molar-refractivity contribution in [2.75, 3.05) is 50.5 Å². The molecule has 0 spiro atoms. The van der Waals surface area contributed by atoms with Crippen LogP contribution in [0.1, 0.15) is 19.8 Å². The van der Waals surface area contributed by atoms with E-state index in [0.717, 1.165) is 56.7 Å². The molecular weight excluding hydrogens is 306 g/mol. The van der Waals surface area contributed by atoms with Gasteiger partial charge in [0.05, 0.1) is 18.2 Å². The highest BCUT2D eigenvalue weighted by atomic mass is 16.5. The zero-order valence-corrected chi connectivity index (χ0v) is 14.8. The topological polar surface area (TPSA) is 85.3 Å². The van der Waals surface area contributed by atoms with Gasteiger partial charge in [0, 0.05) is 46.4 Å². The molecule has 3 rings (SSSR count). The molecule has 1 aliphatic rings. The van der Waals surface area contributed by atoms with Crippen LogP contribution in [0.25, 0.3) is 11.0 Å². The second kappa shape index (κ2) is 7.31. The van der Waals surface area contributed by atoms with Crippen LogP contribution in [-0.4, -0.2) is 70.6 Å². The molecule has 1 saturated heterocycles. The summed E-state index contributed by atoms with van der Waals surface area (Å²) in [6.07, 6.45) is 4.03. The maximum atomic E-state index is 6.11. The van der Waals surface area contributed by atoms with Gasteiger partial charge in [-0.15, -0.1) is 0 Å². The van der Waals surface area contributed by atoms with Gasteiger partial charge in [-0.2, -0.15) is 15.1 Å². The van der Waals surface area contributed by atoms with Crippen molar-refractivity contribution in [1.82, 2.24) is 24.6 Å². The van der Waals surface area contributed by atoms with Gasteiger partial charge in [0.2, 0.25) is 5.95 Å². The molecule has 0 aromatic carbocycles. The van der Waals surface area contributed by atoms with Crippen molar-refractivity contribution in [2.45, 2.75) is 25.8 Å². The number of hydrogen-bond donors (Lipinski definition) is 1. The van der Waals surface area contributed by atoms with Crippen molar-refractivity contribution in [3.05, 3.63) is 6.20 Å². The number of nitrogens with two attached hydrogens (primary N) is 1. The van der Waals surface area contributed by atoms with Crippen molar-refractivity contribution >= 4 is 22.8 Å². The first-order chi connectivity index (χ1) is 11.6. The van der Waals surface area contributed by atoms with Gasteiger partial charge in [-0.25, -0.2) is 0 Å². The van der Waals surface area contributed by atoms with Crippen LogP contribution in [0.5, 0.6) is 0 Å². The van der Waals surface area contributed by atoms with Crippen molar-refractivity contribution in [3.63, 3.8) is 0 Å². The van der Waals surface area contributed by atoms with Crippen LogP contribution < -0.4 is 10.6 Å². The highest BCUT2D eigenvalue weighted by molar-refractivity contribution is 5.86. The second-order valence-corrected chi connectivity index (χ2v) is 6.33. The smallest absolute Gasteiger partial charge is 0.229 e. The minimum atomic E-state index is 0.492. The number of piperazine rings is 1. The normalized spacial score (nSPS) is 19.3. The minimum Gasteiger partial charge on any atom is -0.383 e. The molecule has 1 fully saturated rings. The number of fused-ring (bicyclic) bond motifs is 1. The average Bonchev–Trinajstić information content (AvgIpc) is 2.96. The molecule has 1 atom stereocenters. The predicted octanol–water partition coefficient (Wildman–Crippen LogP) is 0.883. The number of aryl methyl sites for hydroxylation is 1. The summed E-state index contributed by atoms with van der Waals surface area (Å²) < 4.78 is 6.99. The molecule has 24 heavy (non-hydrogen) atoms. The molecule has 0 radical (unpaired) electrons. The van der Waals surface area contributed by atoms with E-state index in [4.69, 9.17) is 15.5 Å². The van der Waals surface area contributed by atoms with Crippen LogP contribution in [0.15, 0.2) is 6.20 Å². The third kappa shape index (κ3) is 3.29. The van der Waals surface area contributed by atoms with Gasteiger partial charge in [0.25, 0.3) is 0 Å². The van der Waals surface area contributed by atoms with Crippen LogP contribution >= 0.6 is 0 Å². The summed E-state index contributed by atoms with van der Waals surface area (Å²) in [6, 6.07) is 0.492. The van der Waals surface area contributed by atoms with Gasteiger partial charge in [0.15, 0.2) is 5.65 Å². The molecule has 0 bridgehead atoms. The summed E-state index contributed by atoms with van der Waals surface area (Å²) in [5, 5.41) is 5.04. The molecule has 132 valence electrons. The Morgan fingerprint density at radius 2 is 2.17 bits per heavy atom. The standard InChI is InChI=1S/C16H27N7O/c1-4-5-12-11-23(7-6-22(12)8-9-24-3)16-19-14(17)13-10-18-21(2)15(13)20-16/h10,12H,4-9,11H2,1-3H3,(H2,17,19,20)/t12-/m1/s1. The summed E-state index contributed by atoms with van der Waals surface area (Å²) in [6.45, 7) is 6.76. The summed E-state index contributed by atoms with van der Waals surface area (Å²) in [7, 11) is 3.63. The van der Waals surface area contributed by atoms with Crippen LogP contribution in [0.4, 0.5) is 11.8 Å². The number of aromatic nitrogens is 4. The lowest BCUT2D eigenvalue weighted by Crippen LogP contribution is -2.54. The lowest BCUT2D eigenvalue weighted by Gasteiger charge is -2.41. The monoisotopic (exact) mass is 333 g/mol. The number of rotatable bonds is 6. The van der Waals surface area contributed by atoms with E-state index in [-0.39, 0.29) is 0 Å². The van der Waals surface area contributed by atoms with E-state index in [2.05, 4.69) is 26.8 Å². The Kier molecular flexibility index (Phi) is 5.15. The molecule has 0 amide bonds. The Hall–Kier alpha value is -1.93. The molecule has 3 heterocycles. The Bertz CT molecular complexity index is 686. The average molecular weight is 333 g/mol. The van der Waals surface area contributed by atoms with Gasteiger partial charge >= 0.3 is 0 Å². The van der Waals surface area contributed by atoms with Crippen LogP contribution in [0, 0.1) is 0 Å². The van der Waals surface area contributed by atoms with Gasteiger partial charge in [-0.1, -0.05) is 13.3 Å². The predicted molar refractivity (Wildman–Crippen MR) is 95.1 cm³/mol. The van der Waals surface area contributed by atoms with E-state index < -0.39 is 0 Å². The quantitative estimate of drug-likeness (QED) is 0.840. The van der Waals surface area contributed by atoms with Crippen molar-refractivity contribution in [1.29, 1.82) is 0 Å². The first-order valence-electron chi connectivity index (χ1n) is 8.57. The van der Waals surface area contributed by atoms with Crippen LogP contribution in [-0.2, 0) is 11.8 Å². The fourth-order valence-electron chi connectivity index (χ4n) is 3.36. The lowest BCUT2D eigenvalue weighted by atomic mass is 10.1. The van der Waals surface area contributed by atoms with E-state index in [1.54, 1.807) is 18.0 Å². The molecule has 8 nitrogen and oxygen atoms in total. The summed E-state index contributed by atoms with van der Waals surface area (Å²) in [5.41, 5.74) is 6.89. The van der Waals surface area contributed by atoms with Crippen molar-refractivity contribution < 1.29 is 4.74 Å². The summed E-state index contributed by atoms with van der Waals surface area (Å²) in [4.78, 5) is 14.0. The van der Waals surface area contributed by atoms with E-state index in [0.29, 0.717) is 17.8 Å². The number of nitrogens with zero attached hydrogens (tertiary/aromatic N) is 6. The van der Waals surface area contributed by atoms with E-state index in [9.17, 15) is 0 Å². The summed E-state index contributed by atoms with van der Waals surface area (Å²) in [5.74, 6) is 1.20. The molecule has 8 heteroatoms. The number of ether oxygens (including phenoxy) is 1. The van der Waals surface area contributed by atoms with Crippen LogP contribution in [0.3, 0.4) is 0 Å². The Morgan fingerprint density at radius 1 is 1.33 bits per heavy atom. The number of nitrogen functional groups attached to an aromatic ring is 1. The number of methoxy groups -OCH3 is 1. The molecule has 2 N–H and O–H groups in total. The Balaban J connectivity index is 1.81. The zero-order valence-electron chi connectivity index (χ0n) is 14.8. The van der Waals surface area contributed by atoms with E-state index in [1.807, 2.05) is 7.05 Å². The van der Waals surface area contributed by atoms with E-state index >= 15 is 0 Å². The second-order valence-electron chi connectivity index (χ2n) is 6.33. The van der Waals surface area contributed by atoms with Crippen molar-refractivity contribution in [2.24, 2.45) is 7.05 Å². The molecular formula is C16H27N7O. The number of anilines is 2. The highest BCUT2D eigenvalue weighted by Crippen LogP contribution is 2.23.